The normalized spacial score (nSPS) is 11.7. The summed E-state index contributed by atoms with van der Waals surface area (Å²) in [5.41, 5.74) is 1.27. The molecule has 2 aromatic rings. The first-order chi connectivity index (χ1) is 17.6. The molecule has 1 atom stereocenters. The number of carbonyl (C=O) groups is 2. The van der Waals surface area contributed by atoms with E-state index in [4.69, 9.17) is 4.74 Å². The van der Waals surface area contributed by atoms with Crippen LogP contribution in [0.15, 0.2) is 54.6 Å². The highest BCUT2D eigenvalue weighted by molar-refractivity contribution is 7.99. The largest absolute Gasteiger partial charge is 0.493 e. The van der Waals surface area contributed by atoms with E-state index in [1.807, 2.05) is 42.1 Å². The summed E-state index contributed by atoms with van der Waals surface area (Å²) in [4.78, 5) is 24.0. The molecule has 2 N–H and O–H groups in total. The maximum absolute atomic E-state index is 12.3. The van der Waals surface area contributed by atoms with E-state index in [0.29, 0.717) is 12.2 Å². The fourth-order valence-corrected chi connectivity index (χ4v) is 4.81. The molecular formula is C30H43NO4S. The Kier molecular flexibility index (Phi) is 15.5. The van der Waals surface area contributed by atoms with Crippen LogP contribution in [0.1, 0.15) is 87.1 Å². The second kappa shape index (κ2) is 18.8. The number of amides is 1. The second-order valence-electron chi connectivity index (χ2n) is 9.22. The highest BCUT2D eigenvalue weighted by atomic mass is 32.2. The Hall–Kier alpha value is -2.47. The predicted molar refractivity (Wildman–Crippen MR) is 150 cm³/mol. The summed E-state index contributed by atoms with van der Waals surface area (Å²) in [6, 6.07) is 15.1. The van der Waals surface area contributed by atoms with Crippen LogP contribution in [0, 0.1) is 0 Å². The monoisotopic (exact) mass is 513 g/mol. The number of carbonyl (C=O) groups excluding carboxylic acids is 1. The lowest BCUT2D eigenvalue weighted by atomic mass is 10.1. The summed E-state index contributed by atoms with van der Waals surface area (Å²) < 4.78 is 5.83. The van der Waals surface area contributed by atoms with Gasteiger partial charge in [0.25, 0.3) is 5.91 Å². The first kappa shape index (κ1) is 29.8. The van der Waals surface area contributed by atoms with Crippen molar-refractivity contribution in [1.82, 2.24) is 5.32 Å². The van der Waals surface area contributed by atoms with Gasteiger partial charge in [-0.15, -0.1) is 0 Å². The number of nitrogens with one attached hydrogen (secondary N) is 1. The van der Waals surface area contributed by atoms with E-state index in [2.05, 4.69) is 12.2 Å². The first-order valence-electron chi connectivity index (χ1n) is 13.5. The molecule has 36 heavy (non-hydrogen) atoms. The molecule has 0 saturated carbocycles. The van der Waals surface area contributed by atoms with Crippen molar-refractivity contribution in [2.45, 2.75) is 83.6 Å². The summed E-state index contributed by atoms with van der Waals surface area (Å²) in [6.45, 7) is 2.92. The molecule has 0 bridgehead atoms. The van der Waals surface area contributed by atoms with Crippen molar-refractivity contribution in [2.24, 2.45) is 0 Å². The third-order valence-electron chi connectivity index (χ3n) is 6.14. The van der Waals surface area contributed by atoms with E-state index < -0.39 is 17.9 Å². The SMILES string of the molecule is CCCCCCCCCCCCSCCOc1ccc(CC(NC(=O)c2ccccc2)C(=O)O)cc1. The molecule has 0 aromatic heterocycles. The Morgan fingerprint density at radius 2 is 1.44 bits per heavy atom. The Balaban J connectivity index is 1.56. The average Bonchev–Trinajstić information content (AvgIpc) is 2.89. The number of carboxylic acids is 1. The number of ether oxygens (including phenoxy) is 1. The van der Waals surface area contributed by atoms with Gasteiger partial charge in [0.15, 0.2) is 0 Å². The van der Waals surface area contributed by atoms with Gasteiger partial charge in [0, 0.05) is 17.7 Å². The van der Waals surface area contributed by atoms with Gasteiger partial charge in [-0.25, -0.2) is 4.79 Å². The molecule has 0 heterocycles. The minimum absolute atomic E-state index is 0.211. The molecule has 2 aromatic carbocycles. The van der Waals surface area contributed by atoms with Gasteiger partial charge in [-0.2, -0.15) is 11.8 Å². The van der Waals surface area contributed by atoms with Crippen LogP contribution in [0.2, 0.25) is 0 Å². The van der Waals surface area contributed by atoms with Gasteiger partial charge < -0.3 is 15.2 Å². The maximum atomic E-state index is 12.3. The highest BCUT2D eigenvalue weighted by Crippen LogP contribution is 2.16. The van der Waals surface area contributed by atoms with Crippen LogP contribution in [0.4, 0.5) is 0 Å². The zero-order chi connectivity index (χ0) is 25.8. The molecule has 1 unspecified atom stereocenters. The Labute approximate surface area is 221 Å². The molecule has 2 rings (SSSR count). The summed E-state index contributed by atoms with van der Waals surface area (Å²) in [5.74, 6) is 1.48. The summed E-state index contributed by atoms with van der Waals surface area (Å²) in [7, 11) is 0. The molecule has 0 aliphatic heterocycles. The number of carboxylic acid groups (broad SMARTS) is 1. The molecule has 0 aliphatic carbocycles. The minimum Gasteiger partial charge on any atom is -0.493 e. The third kappa shape index (κ3) is 13.0. The van der Waals surface area contributed by atoms with Crippen LogP contribution >= 0.6 is 11.8 Å². The first-order valence-corrected chi connectivity index (χ1v) is 14.6. The molecule has 198 valence electrons. The Morgan fingerprint density at radius 1 is 0.833 bits per heavy atom. The quantitative estimate of drug-likeness (QED) is 0.184. The van der Waals surface area contributed by atoms with Gasteiger partial charge in [-0.1, -0.05) is 95.0 Å². The van der Waals surface area contributed by atoms with Gasteiger partial charge in [0.2, 0.25) is 0 Å². The number of unbranched alkanes of at least 4 members (excludes halogenated alkanes) is 9. The topological polar surface area (TPSA) is 75.6 Å². The number of thioether (sulfide) groups is 1. The average molecular weight is 514 g/mol. The molecule has 6 heteroatoms. The number of rotatable bonds is 20. The maximum Gasteiger partial charge on any atom is 0.326 e. The fourth-order valence-electron chi connectivity index (χ4n) is 4.00. The minimum atomic E-state index is -1.06. The number of hydrogen-bond donors (Lipinski definition) is 2. The van der Waals surface area contributed by atoms with Crippen LogP contribution in [-0.2, 0) is 11.2 Å². The lowest BCUT2D eigenvalue weighted by molar-refractivity contribution is -0.139. The van der Waals surface area contributed by atoms with E-state index in [0.717, 1.165) is 17.1 Å². The van der Waals surface area contributed by atoms with E-state index in [9.17, 15) is 14.7 Å². The van der Waals surface area contributed by atoms with Gasteiger partial charge in [0.05, 0.1) is 6.61 Å². The molecule has 0 aliphatic rings. The van der Waals surface area contributed by atoms with E-state index in [1.165, 1.54) is 70.0 Å². The summed E-state index contributed by atoms with van der Waals surface area (Å²) in [6.07, 6.45) is 13.9. The van der Waals surface area contributed by atoms with Crippen molar-refractivity contribution in [3.8, 4) is 5.75 Å². The highest BCUT2D eigenvalue weighted by Gasteiger charge is 2.21. The molecule has 0 spiro atoms. The van der Waals surface area contributed by atoms with Gasteiger partial charge in [0.1, 0.15) is 11.8 Å². The Bertz CT molecular complexity index is 857. The fraction of sp³-hybridized carbons (Fsp3) is 0.533. The predicted octanol–water partition coefficient (Wildman–Crippen LogP) is 7.15. The van der Waals surface area contributed by atoms with E-state index >= 15 is 0 Å². The van der Waals surface area contributed by atoms with Gasteiger partial charge in [-0.05, 0) is 42.0 Å². The Morgan fingerprint density at radius 3 is 2.06 bits per heavy atom. The van der Waals surface area contributed by atoms with Crippen molar-refractivity contribution in [3.05, 3.63) is 65.7 Å². The van der Waals surface area contributed by atoms with Crippen LogP contribution in [0.3, 0.4) is 0 Å². The van der Waals surface area contributed by atoms with Crippen molar-refractivity contribution >= 4 is 23.6 Å². The molecular weight excluding hydrogens is 470 g/mol. The lowest BCUT2D eigenvalue weighted by Crippen LogP contribution is -2.42. The smallest absolute Gasteiger partial charge is 0.326 e. The molecule has 1 amide bonds. The van der Waals surface area contributed by atoms with Crippen LogP contribution in [-0.4, -0.2) is 41.1 Å². The van der Waals surface area contributed by atoms with Crippen LogP contribution in [0.5, 0.6) is 5.75 Å². The lowest BCUT2D eigenvalue weighted by Gasteiger charge is -2.15. The standard InChI is InChI=1S/C30H43NO4S/c1-2-3-4-5-6-7-8-9-10-14-22-36-23-21-35-27-19-17-25(18-20-27)24-28(30(33)34)31-29(32)26-15-12-11-13-16-26/h11-13,15-20,28H,2-10,14,21-24H2,1H3,(H,31,32)(H,33,34). The van der Waals surface area contributed by atoms with Crippen molar-refractivity contribution < 1.29 is 19.4 Å². The number of benzene rings is 2. The van der Waals surface area contributed by atoms with Gasteiger partial charge >= 0.3 is 5.97 Å². The second-order valence-corrected chi connectivity index (χ2v) is 10.4. The number of aliphatic carboxylic acids is 1. The summed E-state index contributed by atoms with van der Waals surface area (Å²) >= 11 is 1.94. The molecule has 0 radical (unpaired) electrons. The number of hydrogen-bond acceptors (Lipinski definition) is 4. The van der Waals surface area contributed by atoms with Crippen LogP contribution in [0.25, 0.3) is 0 Å². The van der Waals surface area contributed by atoms with Gasteiger partial charge in [-0.3, -0.25) is 4.79 Å². The third-order valence-corrected chi connectivity index (χ3v) is 7.17. The zero-order valence-electron chi connectivity index (χ0n) is 21.8. The summed E-state index contributed by atoms with van der Waals surface area (Å²) in [5, 5.41) is 12.1. The van der Waals surface area contributed by atoms with Crippen LogP contribution < -0.4 is 10.1 Å². The van der Waals surface area contributed by atoms with Crippen molar-refractivity contribution in [3.63, 3.8) is 0 Å². The van der Waals surface area contributed by atoms with Crippen molar-refractivity contribution in [2.75, 3.05) is 18.1 Å². The van der Waals surface area contributed by atoms with Crippen molar-refractivity contribution in [1.29, 1.82) is 0 Å². The zero-order valence-corrected chi connectivity index (χ0v) is 22.6. The van der Waals surface area contributed by atoms with E-state index in [1.54, 1.807) is 24.3 Å². The van der Waals surface area contributed by atoms with E-state index in [-0.39, 0.29) is 6.42 Å². The molecule has 0 fully saturated rings. The molecule has 0 saturated heterocycles. The molecule has 5 nitrogen and oxygen atoms in total.